The molecule has 0 saturated carbocycles. The highest BCUT2D eigenvalue weighted by Gasteiger charge is 2.10. The molecule has 0 spiro atoms. The van der Waals surface area contributed by atoms with Gasteiger partial charge in [0.25, 0.3) is 0 Å². The molecule has 0 amide bonds. The van der Waals surface area contributed by atoms with Gasteiger partial charge in [-0.1, -0.05) is 0 Å². The number of aromatic nitrogens is 1. The lowest BCUT2D eigenvalue weighted by Crippen LogP contribution is -2.15. The number of carbonyl (C=O) groups excluding carboxylic acids is 2. The molecule has 0 aliphatic heterocycles. The Morgan fingerprint density at radius 1 is 1.31 bits per heavy atom. The van der Waals surface area contributed by atoms with Gasteiger partial charge in [-0.05, 0) is 19.1 Å². The molecular formula is C9H11NO3. The second-order valence-electron chi connectivity index (χ2n) is 2.47. The van der Waals surface area contributed by atoms with Crippen LogP contribution in [0.4, 0.5) is 0 Å². The molecule has 4 heteroatoms. The minimum Gasteiger partial charge on any atom is -0.466 e. The summed E-state index contributed by atoms with van der Waals surface area (Å²) in [4.78, 5) is 22.1. The van der Waals surface area contributed by atoms with E-state index in [0.29, 0.717) is 6.61 Å². The summed E-state index contributed by atoms with van der Waals surface area (Å²) in [5, 5.41) is 0. The molecule has 0 bridgehead atoms. The van der Waals surface area contributed by atoms with Crippen molar-refractivity contribution in [1.29, 1.82) is 0 Å². The van der Waals surface area contributed by atoms with Gasteiger partial charge >= 0.3 is 5.97 Å². The molecule has 13 heavy (non-hydrogen) atoms. The molecule has 0 radical (unpaired) electrons. The zero-order valence-corrected chi connectivity index (χ0v) is 7.40. The first-order valence-corrected chi connectivity index (χ1v) is 4.06. The molecule has 4 nitrogen and oxygen atoms in total. The number of hydrogen-bond donors (Lipinski definition) is 0. The maximum absolute atomic E-state index is 11.3. The van der Waals surface area contributed by atoms with E-state index in [2.05, 4.69) is 4.74 Å². The summed E-state index contributed by atoms with van der Waals surface area (Å²) < 4.78 is 6.00. The summed E-state index contributed by atoms with van der Waals surface area (Å²) in [7, 11) is 0. The van der Waals surface area contributed by atoms with Crippen molar-refractivity contribution in [1.82, 2.24) is 4.57 Å². The smallest absolute Gasteiger partial charge is 0.315 e. The highest BCUT2D eigenvalue weighted by atomic mass is 16.5. The predicted molar refractivity (Wildman–Crippen MR) is 46.3 cm³/mol. The number of esters is 1. The molecule has 0 aromatic carbocycles. The molecule has 0 aliphatic rings. The molecule has 1 aromatic rings. The first-order chi connectivity index (χ1) is 6.24. The second-order valence-corrected chi connectivity index (χ2v) is 2.47. The summed E-state index contributed by atoms with van der Waals surface area (Å²) >= 11 is 0. The summed E-state index contributed by atoms with van der Waals surface area (Å²) in [6, 6.07) is 3.45. The van der Waals surface area contributed by atoms with Gasteiger partial charge in [-0.25, -0.2) is 0 Å². The summed E-state index contributed by atoms with van der Waals surface area (Å²) in [5.74, 6) is -0.760. The van der Waals surface area contributed by atoms with E-state index in [4.69, 9.17) is 0 Å². The van der Waals surface area contributed by atoms with Crippen molar-refractivity contribution in [2.45, 2.75) is 13.3 Å². The topological polar surface area (TPSA) is 48.3 Å². The summed E-state index contributed by atoms with van der Waals surface area (Å²) in [6.07, 6.45) is 2.99. The van der Waals surface area contributed by atoms with Crippen molar-refractivity contribution in [3.63, 3.8) is 0 Å². The van der Waals surface area contributed by atoms with Crippen LogP contribution in [0.1, 0.15) is 18.1 Å². The van der Waals surface area contributed by atoms with Gasteiger partial charge in [-0.2, -0.15) is 0 Å². The molecular weight excluding hydrogens is 170 g/mol. The third-order valence-electron chi connectivity index (χ3n) is 1.49. The Labute approximate surface area is 76.1 Å². The average molecular weight is 181 g/mol. The minimum atomic E-state index is -0.485. The van der Waals surface area contributed by atoms with Crippen molar-refractivity contribution < 1.29 is 14.3 Å². The number of hydrogen-bond acceptors (Lipinski definition) is 3. The lowest BCUT2D eigenvalue weighted by molar-refractivity contribution is -0.142. The Balaban J connectivity index is 2.47. The van der Waals surface area contributed by atoms with E-state index < -0.39 is 5.97 Å². The fourth-order valence-corrected chi connectivity index (χ4v) is 0.928. The van der Waals surface area contributed by atoms with E-state index in [-0.39, 0.29) is 12.3 Å². The highest BCUT2D eigenvalue weighted by Crippen LogP contribution is 1.95. The van der Waals surface area contributed by atoms with Gasteiger partial charge < -0.3 is 4.74 Å². The molecule has 70 valence electrons. The molecule has 0 atom stereocenters. The largest absolute Gasteiger partial charge is 0.466 e. The molecule has 1 heterocycles. The average Bonchev–Trinajstić information content (AvgIpc) is 2.55. The van der Waals surface area contributed by atoms with Crippen LogP contribution in [0.25, 0.3) is 0 Å². The lowest BCUT2D eigenvalue weighted by atomic mass is 10.4. The van der Waals surface area contributed by atoms with Crippen molar-refractivity contribution >= 4 is 11.9 Å². The van der Waals surface area contributed by atoms with Gasteiger partial charge in [0.1, 0.15) is 6.42 Å². The first-order valence-electron chi connectivity index (χ1n) is 4.06. The Morgan fingerprint density at radius 2 is 1.92 bits per heavy atom. The maximum Gasteiger partial charge on any atom is 0.315 e. The summed E-state index contributed by atoms with van der Waals surface area (Å²) in [5.41, 5.74) is 0. The van der Waals surface area contributed by atoms with Crippen LogP contribution in [0.15, 0.2) is 24.5 Å². The lowest BCUT2D eigenvalue weighted by Gasteiger charge is -2.01. The number of rotatable bonds is 3. The molecule has 0 fully saturated rings. The number of carbonyl (C=O) groups is 2. The van der Waals surface area contributed by atoms with Crippen LogP contribution in [-0.2, 0) is 9.53 Å². The van der Waals surface area contributed by atoms with Crippen LogP contribution in [0.5, 0.6) is 0 Å². The van der Waals surface area contributed by atoms with Gasteiger partial charge in [0.2, 0.25) is 5.91 Å². The minimum absolute atomic E-state index is 0.206. The Hall–Kier alpha value is -1.58. The third kappa shape index (κ3) is 2.74. The molecule has 1 rings (SSSR count). The van der Waals surface area contributed by atoms with Crippen LogP contribution in [0, 0.1) is 0 Å². The van der Waals surface area contributed by atoms with Gasteiger partial charge in [0, 0.05) is 12.4 Å². The Kier molecular flexibility index (Phi) is 3.25. The SMILES string of the molecule is CCOC(=O)CC(=O)n1cccc1. The van der Waals surface area contributed by atoms with Crippen molar-refractivity contribution in [2.24, 2.45) is 0 Å². The quantitative estimate of drug-likeness (QED) is 0.518. The van der Waals surface area contributed by atoms with Crippen molar-refractivity contribution in [2.75, 3.05) is 6.61 Å². The summed E-state index contributed by atoms with van der Waals surface area (Å²) in [6.45, 7) is 2.01. The maximum atomic E-state index is 11.3. The van der Waals surface area contributed by atoms with Crippen LogP contribution in [-0.4, -0.2) is 23.1 Å². The van der Waals surface area contributed by atoms with E-state index >= 15 is 0 Å². The molecule has 0 saturated heterocycles. The fraction of sp³-hybridized carbons (Fsp3) is 0.333. The van der Waals surface area contributed by atoms with Gasteiger partial charge in [0.05, 0.1) is 6.61 Å². The number of ether oxygens (including phenoxy) is 1. The molecule has 0 aliphatic carbocycles. The van der Waals surface area contributed by atoms with Crippen LogP contribution < -0.4 is 0 Å². The van der Waals surface area contributed by atoms with Crippen LogP contribution >= 0.6 is 0 Å². The van der Waals surface area contributed by atoms with Gasteiger partial charge in [-0.15, -0.1) is 0 Å². The van der Waals surface area contributed by atoms with E-state index in [0.717, 1.165) is 0 Å². The van der Waals surface area contributed by atoms with E-state index in [1.165, 1.54) is 4.57 Å². The van der Waals surface area contributed by atoms with Crippen LogP contribution in [0.3, 0.4) is 0 Å². The van der Waals surface area contributed by atoms with Crippen LogP contribution in [0.2, 0.25) is 0 Å². The zero-order chi connectivity index (χ0) is 9.68. The highest BCUT2D eigenvalue weighted by molar-refractivity contribution is 5.95. The molecule has 0 N–H and O–H groups in total. The Bertz CT molecular complexity index is 290. The van der Waals surface area contributed by atoms with Crippen molar-refractivity contribution in [3.05, 3.63) is 24.5 Å². The van der Waals surface area contributed by atoms with E-state index in [1.54, 1.807) is 31.5 Å². The standard InChI is InChI=1S/C9H11NO3/c1-2-13-9(12)7-8(11)10-5-3-4-6-10/h3-6H,2,7H2,1H3. The molecule has 1 aromatic heterocycles. The first kappa shape index (κ1) is 9.51. The number of nitrogens with zero attached hydrogens (tertiary/aromatic N) is 1. The second kappa shape index (κ2) is 4.45. The van der Waals surface area contributed by atoms with Gasteiger partial charge in [0.15, 0.2) is 0 Å². The monoisotopic (exact) mass is 181 g/mol. The van der Waals surface area contributed by atoms with E-state index in [1.807, 2.05) is 0 Å². The third-order valence-corrected chi connectivity index (χ3v) is 1.49. The normalized spacial score (nSPS) is 9.62. The van der Waals surface area contributed by atoms with Crippen molar-refractivity contribution in [3.8, 4) is 0 Å². The predicted octanol–water partition coefficient (Wildman–Crippen LogP) is 1.08. The zero-order valence-electron chi connectivity index (χ0n) is 7.40. The molecule has 0 unspecified atom stereocenters. The van der Waals surface area contributed by atoms with Gasteiger partial charge in [-0.3, -0.25) is 14.2 Å². The van der Waals surface area contributed by atoms with E-state index in [9.17, 15) is 9.59 Å². The Morgan fingerprint density at radius 3 is 2.46 bits per heavy atom. The fourth-order valence-electron chi connectivity index (χ4n) is 0.928.